The van der Waals surface area contributed by atoms with Crippen LogP contribution in [0.5, 0.6) is 0 Å². The van der Waals surface area contributed by atoms with Crippen LogP contribution in [0.2, 0.25) is 0 Å². The van der Waals surface area contributed by atoms with Gasteiger partial charge in [0.2, 0.25) is 0 Å². The summed E-state index contributed by atoms with van der Waals surface area (Å²) in [4.78, 5) is 10.5. The predicted octanol–water partition coefficient (Wildman–Crippen LogP) is -0.457. The van der Waals surface area contributed by atoms with Gasteiger partial charge in [0.05, 0.1) is 12.6 Å². The molecule has 2 aliphatic heterocycles. The molecule has 6 heteroatoms. The molecule has 100 valence electrons. The second kappa shape index (κ2) is 3.68. The second-order valence-electron chi connectivity index (χ2n) is 5.58. The first kappa shape index (κ1) is 11.2. The van der Waals surface area contributed by atoms with E-state index < -0.39 is 0 Å². The van der Waals surface area contributed by atoms with Crippen LogP contribution in [0.4, 0.5) is 11.5 Å². The van der Waals surface area contributed by atoms with Crippen molar-refractivity contribution in [1.29, 1.82) is 0 Å². The lowest BCUT2D eigenvalue weighted by molar-refractivity contribution is -0.839. The van der Waals surface area contributed by atoms with E-state index in [1.807, 2.05) is 0 Å². The van der Waals surface area contributed by atoms with Gasteiger partial charge < -0.3 is 15.4 Å². The number of quaternary nitrogens is 1. The summed E-state index contributed by atoms with van der Waals surface area (Å²) in [6.45, 7) is 4.31. The maximum atomic E-state index is 9.53. The number of aryl methyl sites for hydroxylation is 1. The molecule has 0 fully saturated rings. The summed E-state index contributed by atoms with van der Waals surface area (Å²) in [5.41, 5.74) is 10.3. The minimum absolute atomic E-state index is 0.0530. The Bertz CT molecular complexity index is 677. The van der Waals surface area contributed by atoms with E-state index in [0.29, 0.717) is 17.7 Å². The molecule has 2 atom stereocenters. The molecular weight excluding hydrogens is 242 g/mol. The minimum Gasteiger partial charge on any atom is -0.388 e. The van der Waals surface area contributed by atoms with Crippen LogP contribution in [0.3, 0.4) is 0 Å². The Hall–Kier alpha value is -1.66. The topological polar surface area (TPSA) is 81.4 Å². The number of aliphatic hydroxyl groups is 1. The highest BCUT2D eigenvalue weighted by molar-refractivity contribution is 5.93. The Balaban J connectivity index is 2.17. The Labute approximate surface area is 110 Å². The predicted molar refractivity (Wildman–Crippen MR) is 71.3 cm³/mol. The van der Waals surface area contributed by atoms with E-state index in [1.54, 1.807) is 0 Å². The number of hydrogen-bond donors (Lipinski definition) is 3. The van der Waals surface area contributed by atoms with Crippen LogP contribution in [-0.4, -0.2) is 32.7 Å². The van der Waals surface area contributed by atoms with Crippen molar-refractivity contribution in [1.82, 2.24) is 14.5 Å². The average Bonchev–Trinajstić information content (AvgIpc) is 2.79. The van der Waals surface area contributed by atoms with Gasteiger partial charge in [-0.05, 0) is 6.92 Å². The Morgan fingerprint density at radius 3 is 3.11 bits per heavy atom. The first-order valence-corrected chi connectivity index (χ1v) is 6.85. The number of nitrogen functional groups attached to an aromatic ring is 1. The molecule has 6 nitrogen and oxygen atoms in total. The van der Waals surface area contributed by atoms with E-state index in [9.17, 15) is 5.11 Å². The lowest BCUT2D eigenvalue weighted by atomic mass is 10.0. The fourth-order valence-electron chi connectivity index (χ4n) is 3.67. The normalized spacial score (nSPS) is 24.9. The van der Waals surface area contributed by atoms with E-state index in [2.05, 4.69) is 21.5 Å². The molecule has 2 aromatic rings. The van der Waals surface area contributed by atoms with Gasteiger partial charge in [-0.3, -0.25) is 4.90 Å². The maximum Gasteiger partial charge on any atom is 0.179 e. The molecule has 0 aliphatic carbocycles. The Kier molecular flexibility index (Phi) is 2.17. The average molecular weight is 260 g/mol. The lowest BCUT2D eigenvalue weighted by Crippen LogP contribution is -3.09. The van der Waals surface area contributed by atoms with E-state index in [-0.39, 0.29) is 6.61 Å². The number of imidazole rings is 1. The van der Waals surface area contributed by atoms with Gasteiger partial charge in [0.25, 0.3) is 0 Å². The summed E-state index contributed by atoms with van der Waals surface area (Å²) in [5.74, 6) is 1.20. The van der Waals surface area contributed by atoms with Crippen LogP contribution in [0, 0.1) is 0 Å². The maximum absolute atomic E-state index is 9.53. The summed E-state index contributed by atoms with van der Waals surface area (Å²) in [7, 11) is 0. The number of hydrogen-bond acceptors (Lipinski definition) is 4. The number of aromatic nitrogens is 3. The molecule has 0 saturated carbocycles. The minimum atomic E-state index is -0.0530. The van der Waals surface area contributed by atoms with Crippen molar-refractivity contribution < 1.29 is 10.0 Å². The van der Waals surface area contributed by atoms with Gasteiger partial charge in [0.1, 0.15) is 35.7 Å². The number of aliphatic hydroxyl groups excluding tert-OH is 1. The third-order valence-corrected chi connectivity index (χ3v) is 4.38. The van der Waals surface area contributed by atoms with Crippen molar-refractivity contribution in [2.24, 2.45) is 0 Å². The van der Waals surface area contributed by atoms with Crippen LogP contribution in [0.25, 0.3) is 11.0 Å². The van der Waals surface area contributed by atoms with E-state index in [4.69, 9.17) is 5.73 Å². The quantitative estimate of drug-likeness (QED) is 0.648. The molecule has 0 radical (unpaired) electrons. The van der Waals surface area contributed by atoms with E-state index in [1.165, 1.54) is 10.6 Å². The van der Waals surface area contributed by atoms with Crippen molar-refractivity contribution >= 4 is 22.5 Å². The van der Waals surface area contributed by atoms with Crippen LogP contribution in [-0.2, 0) is 13.0 Å². The van der Waals surface area contributed by atoms with Crippen LogP contribution in [0.1, 0.15) is 30.9 Å². The molecule has 4 rings (SSSR count). The fourth-order valence-corrected chi connectivity index (χ4v) is 3.67. The van der Waals surface area contributed by atoms with Crippen molar-refractivity contribution in [2.45, 2.75) is 32.4 Å². The molecule has 0 aromatic carbocycles. The second-order valence-corrected chi connectivity index (χ2v) is 5.58. The molecule has 0 saturated heterocycles. The zero-order valence-electron chi connectivity index (χ0n) is 11.0. The zero-order valence-corrected chi connectivity index (χ0v) is 11.0. The molecule has 0 spiro atoms. The van der Waals surface area contributed by atoms with Gasteiger partial charge in [-0.15, -0.1) is 0 Å². The lowest BCUT2D eigenvalue weighted by Gasteiger charge is -2.33. The summed E-state index contributed by atoms with van der Waals surface area (Å²) >= 11 is 0. The number of pyridine rings is 1. The fraction of sp³-hybridized carbons (Fsp3) is 0.538. The van der Waals surface area contributed by atoms with Gasteiger partial charge >= 0.3 is 0 Å². The number of nitrogens with zero attached hydrogens (tertiary/aromatic N) is 3. The highest BCUT2D eigenvalue weighted by atomic mass is 16.3. The number of rotatable bonds is 1. The molecule has 19 heavy (non-hydrogen) atoms. The van der Waals surface area contributed by atoms with Gasteiger partial charge in [-0.1, -0.05) is 0 Å². The first-order chi connectivity index (χ1) is 9.20. The smallest absolute Gasteiger partial charge is 0.179 e. The molecule has 4 N–H and O–H groups in total. The molecule has 0 amide bonds. The zero-order chi connectivity index (χ0) is 13.1. The van der Waals surface area contributed by atoms with E-state index in [0.717, 1.165) is 42.7 Å². The van der Waals surface area contributed by atoms with Crippen LogP contribution >= 0.6 is 0 Å². The Morgan fingerprint density at radius 2 is 2.32 bits per heavy atom. The molecule has 1 unspecified atom stereocenters. The highest BCUT2D eigenvalue weighted by Gasteiger charge is 2.36. The third kappa shape index (κ3) is 1.33. The van der Waals surface area contributed by atoms with Crippen molar-refractivity contribution in [3.05, 3.63) is 11.5 Å². The molecule has 2 aromatic heterocycles. The summed E-state index contributed by atoms with van der Waals surface area (Å²) in [6, 6.07) is 0.336. The summed E-state index contributed by atoms with van der Waals surface area (Å²) in [6.07, 6.45) is 2.15. The third-order valence-electron chi connectivity index (χ3n) is 4.38. The number of anilines is 1. The van der Waals surface area contributed by atoms with Gasteiger partial charge in [-0.25, -0.2) is 9.97 Å². The SMILES string of the molecule is C[C@H]1C[NH+]2CCCc3nc(N)c4nc(CO)n1c4c32. The largest absolute Gasteiger partial charge is 0.388 e. The number of nitrogens with two attached hydrogens (primary N) is 1. The standard InChI is InChI=1S/C13H17N5O/c1-7-5-17-4-2-3-8-11(17)12-10(13(14)15-8)16-9(6-19)18(7)12/h7,19H,2-6H2,1H3,(H2,14,15)/p+1/t7-/m0/s1. The van der Waals surface area contributed by atoms with Gasteiger partial charge in [-0.2, -0.15) is 0 Å². The van der Waals surface area contributed by atoms with E-state index >= 15 is 0 Å². The molecular formula is C13H18N5O+. The van der Waals surface area contributed by atoms with Crippen LogP contribution in [0.15, 0.2) is 0 Å². The van der Waals surface area contributed by atoms with Gasteiger partial charge in [0, 0.05) is 12.8 Å². The van der Waals surface area contributed by atoms with Crippen molar-refractivity contribution in [3.8, 4) is 0 Å². The number of nitrogens with one attached hydrogen (secondary N) is 1. The first-order valence-electron chi connectivity index (χ1n) is 6.85. The summed E-state index contributed by atoms with van der Waals surface area (Å²) < 4.78 is 2.15. The van der Waals surface area contributed by atoms with Crippen molar-refractivity contribution in [3.63, 3.8) is 0 Å². The summed E-state index contributed by atoms with van der Waals surface area (Å²) in [5, 5.41) is 9.53. The molecule has 0 bridgehead atoms. The monoisotopic (exact) mass is 260 g/mol. The van der Waals surface area contributed by atoms with Crippen molar-refractivity contribution in [2.75, 3.05) is 18.8 Å². The Morgan fingerprint density at radius 1 is 1.47 bits per heavy atom. The molecule has 2 aliphatic rings. The van der Waals surface area contributed by atoms with Crippen LogP contribution < -0.4 is 10.6 Å². The van der Waals surface area contributed by atoms with Gasteiger partial charge in [0.15, 0.2) is 11.5 Å². The molecule has 4 heterocycles. The highest BCUT2D eigenvalue weighted by Crippen LogP contribution is 2.34.